The van der Waals surface area contributed by atoms with E-state index in [9.17, 15) is 0 Å². The molecule has 0 atom stereocenters. The van der Waals surface area contributed by atoms with E-state index in [-0.39, 0.29) is 0 Å². The van der Waals surface area contributed by atoms with Crippen LogP contribution in [0.3, 0.4) is 0 Å². The van der Waals surface area contributed by atoms with Gasteiger partial charge < -0.3 is 10.2 Å². The van der Waals surface area contributed by atoms with Crippen LogP contribution in [0.4, 0.5) is 0 Å². The highest BCUT2D eigenvalue weighted by molar-refractivity contribution is 5.80. The number of hydrogen-bond acceptors (Lipinski definition) is 1. The van der Waals surface area contributed by atoms with Crippen molar-refractivity contribution in [1.82, 2.24) is 10.2 Å². The zero-order valence-corrected chi connectivity index (χ0v) is 9.05. The molecule has 72 valence electrons. The summed E-state index contributed by atoms with van der Waals surface area (Å²) in [6.45, 7) is 8.68. The molecule has 0 aliphatic carbocycles. The van der Waals surface area contributed by atoms with E-state index in [1.807, 2.05) is 14.1 Å². The molecule has 3 nitrogen and oxygen atoms in total. The second-order valence-electron chi connectivity index (χ2n) is 3.39. The molecule has 0 heterocycles. The van der Waals surface area contributed by atoms with Crippen LogP contribution in [0, 0.1) is 0 Å². The second kappa shape index (κ2) is 5.01. The average Bonchev–Trinajstić information content (AvgIpc) is 1.98. The highest BCUT2D eigenvalue weighted by Gasteiger charge is 2.15. The van der Waals surface area contributed by atoms with Crippen LogP contribution in [-0.4, -0.2) is 37.0 Å². The molecule has 0 aromatic carbocycles. The fourth-order valence-electron chi connectivity index (χ4n) is 1.44. The largest absolute Gasteiger partial charge is 0.359 e. The summed E-state index contributed by atoms with van der Waals surface area (Å²) >= 11 is 0. The Morgan fingerprint density at radius 2 is 1.58 bits per heavy atom. The predicted molar refractivity (Wildman–Crippen MR) is 54.5 cm³/mol. The Kier molecular flexibility index (Phi) is 4.71. The van der Waals surface area contributed by atoms with Gasteiger partial charge in [-0.25, -0.2) is 0 Å². The third-order valence-electron chi connectivity index (χ3n) is 1.79. The number of hydrogen-bond donors (Lipinski definition) is 1. The van der Waals surface area contributed by atoms with Gasteiger partial charge in [0.05, 0.1) is 0 Å². The molecule has 0 radical (unpaired) electrons. The molecule has 12 heavy (non-hydrogen) atoms. The molecule has 3 heteroatoms. The lowest BCUT2D eigenvalue weighted by atomic mass is 10.2. The van der Waals surface area contributed by atoms with Crippen LogP contribution in [-0.2, 0) is 0 Å². The molecule has 0 rings (SSSR count). The van der Waals surface area contributed by atoms with Gasteiger partial charge >= 0.3 is 0 Å². The van der Waals surface area contributed by atoms with Crippen LogP contribution in [0.15, 0.2) is 4.99 Å². The van der Waals surface area contributed by atoms with Crippen LogP contribution < -0.4 is 5.32 Å². The monoisotopic (exact) mass is 171 g/mol. The first-order valence-electron chi connectivity index (χ1n) is 4.47. The Morgan fingerprint density at radius 3 is 1.67 bits per heavy atom. The molecule has 0 aliphatic heterocycles. The number of nitrogens with one attached hydrogen (secondary N) is 1. The van der Waals surface area contributed by atoms with Crippen molar-refractivity contribution >= 4 is 5.96 Å². The molecule has 1 N–H and O–H groups in total. The van der Waals surface area contributed by atoms with Crippen molar-refractivity contribution in [2.75, 3.05) is 14.1 Å². The van der Waals surface area contributed by atoms with E-state index in [4.69, 9.17) is 0 Å². The maximum Gasteiger partial charge on any atom is 0.193 e. The summed E-state index contributed by atoms with van der Waals surface area (Å²) in [5.74, 6) is 0.958. The van der Waals surface area contributed by atoms with Gasteiger partial charge in [-0.05, 0) is 27.7 Å². The first-order valence-corrected chi connectivity index (χ1v) is 4.47. The fraction of sp³-hybridized carbons (Fsp3) is 0.889. The van der Waals surface area contributed by atoms with Crippen molar-refractivity contribution in [2.24, 2.45) is 4.99 Å². The summed E-state index contributed by atoms with van der Waals surface area (Å²) in [5.41, 5.74) is 0. The van der Waals surface area contributed by atoms with E-state index in [1.54, 1.807) is 0 Å². The smallest absolute Gasteiger partial charge is 0.193 e. The van der Waals surface area contributed by atoms with E-state index < -0.39 is 0 Å². The predicted octanol–water partition coefficient (Wildman–Crippen LogP) is 1.31. The van der Waals surface area contributed by atoms with E-state index in [0.717, 1.165) is 5.96 Å². The lowest BCUT2D eigenvalue weighted by Crippen LogP contribution is -2.47. The van der Waals surface area contributed by atoms with Gasteiger partial charge in [0.2, 0.25) is 0 Å². The Bertz CT molecular complexity index is 142. The van der Waals surface area contributed by atoms with Gasteiger partial charge in [0, 0.05) is 26.2 Å². The summed E-state index contributed by atoms with van der Waals surface area (Å²) in [7, 11) is 3.71. The maximum atomic E-state index is 4.18. The van der Waals surface area contributed by atoms with Crippen LogP contribution in [0.2, 0.25) is 0 Å². The van der Waals surface area contributed by atoms with Crippen molar-refractivity contribution in [3.8, 4) is 0 Å². The molecule has 0 fully saturated rings. The Balaban J connectivity index is 4.49. The highest BCUT2D eigenvalue weighted by Crippen LogP contribution is 2.04. The SMILES string of the molecule is CN=C(NC)N(C(C)C)C(C)C. The quantitative estimate of drug-likeness (QED) is 0.501. The van der Waals surface area contributed by atoms with Gasteiger partial charge in [0.25, 0.3) is 0 Å². The summed E-state index contributed by atoms with van der Waals surface area (Å²) in [6.07, 6.45) is 0. The van der Waals surface area contributed by atoms with E-state index in [0.29, 0.717) is 12.1 Å². The standard InChI is InChI=1S/C9H21N3/c1-7(2)12(8(3)4)9(10-5)11-6/h7-8H,1-6H3,(H,10,11). The summed E-state index contributed by atoms with van der Waals surface area (Å²) in [5, 5.41) is 3.09. The summed E-state index contributed by atoms with van der Waals surface area (Å²) in [4.78, 5) is 6.43. The van der Waals surface area contributed by atoms with Gasteiger partial charge in [-0.1, -0.05) is 0 Å². The van der Waals surface area contributed by atoms with Crippen molar-refractivity contribution < 1.29 is 0 Å². The van der Waals surface area contributed by atoms with Crippen molar-refractivity contribution in [3.05, 3.63) is 0 Å². The van der Waals surface area contributed by atoms with E-state index >= 15 is 0 Å². The minimum Gasteiger partial charge on any atom is -0.359 e. The van der Waals surface area contributed by atoms with Crippen molar-refractivity contribution in [2.45, 2.75) is 39.8 Å². The Morgan fingerprint density at radius 1 is 1.17 bits per heavy atom. The number of nitrogens with zero attached hydrogens (tertiary/aromatic N) is 2. The average molecular weight is 171 g/mol. The zero-order valence-electron chi connectivity index (χ0n) is 9.05. The van der Waals surface area contributed by atoms with Crippen LogP contribution in [0.25, 0.3) is 0 Å². The normalized spacial score (nSPS) is 12.5. The molecule has 0 amide bonds. The second-order valence-corrected chi connectivity index (χ2v) is 3.39. The van der Waals surface area contributed by atoms with Crippen LogP contribution in [0.5, 0.6) is 0 Å². The topological polar surface area (TPSA) is 27.6 Å². The minimum absolute atomic E-state index is 0.483. The zero-order chi connectivity index (χ0) is 9.72. The van der Waals surface area contributed by atoms with E-state index in [2.05, 4.69) is 42.9 Å². The Labute approximate surface area is 75.9 Å². The molecule has 0 bridgehead atoms. The highest BCUT2D eigenvalue weighted by atomic mass is 15.3. The maximum absolute atomic E-state index is 4.18. The molecule has 0 aliphatic rings. The molecule has 0 aromatic heterocycles. The molecule has 0 saturated heterocycles. The van der Waals surface area contributed by atoms with Gasteiger partial charge in [-0.2, -0.15) is 0 Å². The summed E-state index contributed by atoms with van der Waals surface area (Å²) in [6, 6.07) is 0.965. The van der Waals surface area contributed by atoms with Crippen molar-refractivity contribution in [3.63, 3.8) is 0 Å². The van der Waals surface area contributed by atoms with Gasteiger partial charge in [-0.15, -0.1) is 0 Å². The number of rotatable bonds is 2. The van der Waals surface area contributed by atoms with Gasteiger partial charge in [-0.3, -0.25) is 4.99 Å². The third-order valence-corrected chi connectivity index (χ3v) is 1.79. The first-order chi connectivity index (χ1) is 5.54. The van der Waals surface area contributed by atoms with Gasteiger partial charge in [0.1, 0.15) is 0 Å². The van der Waals surface area contributed by atoms with E-state index in [1.165, 1.54) is 0 Å². The Hall–Kier alpha value is -0.730. The lowest BCUT2D eigenvalue weighted by Gasteiger charge is -2.33. The molecular weight excluding hydrogens is 150 g/mol. The van der Waals surface area contributed by atoms with Gasteiger partial charge in [0.15, 0.2) is 5.96 Å². The molecular formula is C9H21N3. The van der Waals surface area contributed by atoms with Crippen LogP contribution >= 0.6 is 0 Å². The molecule has 0 aromatic rings. The number of guanidine groups is 1. The lowest BCUT2D eigenvalue weighted by molar-refractivity contribution is 0.283. The fourth-order valence-corrected chi connectivity index (χ4v) is 1.44. The molecule has 0 unspecified atom stereocenters. The minimum atomic E-state index is 0.483. The van der Waals surface area contributed by atoms with Crippen LogP contribution in [0.1, 0.15) is 27.7 Å². The number of aliphatic imine (C=N–C) groups is 1. The first kappa shape index (κ1) is 11.3. The molecule has 0 spiro atoms. The van der Waals surface area contributed by atoms with Crippen molar-refractivity contribution in [1.29, 1.82) is 0 Å². The molecule has 0 saturated carbocycles. The third kappa shape index (κ3) is 2.72. The summed E-state index contributed by atoms with van der Waals surface area (Å²) < 4.78 is 0.